The molecule has 1 aliphatic heterocycles. The highest BCUT2D eigenvalue weighted by Crippen LogP contribution is 2.51. The van der Waals surface area contributed by atoms with Crippen molar-refractivity contribution in [2.75, 3.05) is 20.3 Å². The third kappa shape index (κ3) is 5.41. The smallest absolute Gasteiger partial charge is 0.247 e. The van der Waals surface area contributed by atoms with Crippen molar-refractivity contribution in [2.24, 2.45) is 5.92 Å². The van der Waals surface area contributed by atoms with Crippen molar-refractivity contribution in [3.05, 3.63) is 59.1 Å². The number of ether oxygens (including phenoxy) is 2. The molecule has 210 valence electrons. The third-order valence-corrected chi connectivity index (χ3v) is 8.05. The van der Waals surface area contributed by atoms with Gasteiger partial charge in [-0.2, -0.15) is 0 Å². The van der Waals surface area contributed by atoms with Gasteiger partial charge >= 0.3 is 0 Å². The number of rotatable bonds is 10. The number of benzene rings is 1. The number of nitrogens with one attached hydrogen (secondary N) is 1. The van der Waals surface area contributed by atoms with E-state index >= 15 is 0 Å². The highest BCUT2D eigenvalue weighted by atomic mass is 16.5. The first-order chi connectivity index (χ1) is 18.9. The van der Waals surface area contributed by atoms with Crippen molar-refractivity contribution in [1.29, 1.82) is 0 Å². The van der Waals surface area contributed by atoms with Crippen LogP contribution in [0.5, 0.6) is 11.5 Å². The van der Waals surface area contributed by atoms with E-state index in [0.29, 0.717) is 40.5 Å². The Kier molecular flexibility index (Phi) is 8.25. The first-order valence-corrected chi connectivity index (χ1v) is 13.5. The predicted molar refractivity (Wildman–Crippen MR) is 140 cm³/mol. The van der Waals surface area contributed by atoms with E-state index in [-0.39, 0.29) is 32.2 Å². The van der Waals surface area contributed by atoms with Crippen LogP contribution in [-0.2, 0) is 22.7 Å². The molecule has 2 amide bonds. The molecule has 1 fully saturated rings. The molecule has 10 nitrogen and oxygen atoms in total. The number of carbonyl (C=O) groups excluding carboxylic acids is 2. The van der Waals surface area contributed by atoms with E-state index in [2.05, 4.69) is 5.32 Å². The van der Waals surface area contributed by atoms with Gasteiger partial charge in [0.2, 0.25) is 11.8 Å². The fourth-order valence-corrected chi connectivity index (χ4v) is 6.14. The first kappa shape index (κ1) is 27.2. The Morgan fingerprint density at radius 3 is 2.64 bits per heavy atom. The summed E-state index contributed by atoms with van der Waals surface area (Å²) in [5.41, 5.74) is 2.29. The Labute approximate surface area is 227 Å². The van der Waals surface area contributed by atoms with Gasteiger partial charge in [-0.05, 0) is 48.6 Å². The average molecular weight is 541 g/mol. The summed E-state index contributed by atoms with van der Waals surface area (Å²) in [6, 6.07) is 4.33. The zero-order valence-electron chi connectivity index (χ0n) is 22.0. The number of aliphatic hydroxyl groups is 3. The summed E-state index contributed by atoms with van der Waals surface area (Å²) >= 11 is 0. The lowest BCUT2D eigenvalue weighted by atomic mass is 9.77. The van der Waals surface area contributed by atoms with E-state index in [1.165, 1.54) is 13.4 Å². The molecule has 0 unspecified atom stereocenters. The lowest BCUT2D eigenvalue weighted by Crippen LogP contribution is -2.55. The predicted octanol–water partition coefficient (Wildman–Crippen LogP) is 2.01. The second-order valence-corrected chi connectivity index (χ2v) is 10.5. The van der Waals surface area contributed by atoms with Crippen molar-refractivity contribution in [2.45, 2.75) is 69.4 Å². The standard InChI is InChI=1S/C29H36N2O8/c1-37-23-11-19(15-33)10-20-25-21(29(36)30-7-8-32)13-22(26(35)28(25)39-27(20)23)31(14-18-6-9-38-16-18)24(34)12-17-4-2-3-5-17/h6,9-11,13,16-17,22,25-26,28,32-33,35H,2-5,7-8,12,14-15H2,1H3,(H,30,36)/t22-,25+,26+,28+/m1/s1. The van der Waals surface area contributed by atoms with Gasteiger partial charge < -0.3 is 39.4 Å². The Hall–Kier alpha value is -3.34. The molecular formula is C29H36N2O8. The number of amides is 2. The number of carbonyl (C=O) groups is 2. The van der Waals surface area contributed by atoms with Crippen LogP contribution in [0.2, 0.25) is 0 Å². The Bertz CT molecular complexity index is 1200. The molecule has 10 heteroatoms. The van der Waals surface area contributed by atoms with Crippen LogP contribution in [0.15, 0.2) is 46.8 Å². The maximum atomic E-state index is 13.7. The van der Waals surface area contributed by atoms with E-state index < -0.39 is 30.1 Å². The van der Waals surface area contributed by atoms with E-state index in [1.807, 2.05) is 0 Å². The minimum Gasteiger partial charge on any atom is -0.493 e. The zero-order valence-corrected chi connectivity index (χ0v) is 22.0. The van der Waals surface area contributed by atoms with Gasteiger partial charge in [-0.3, -0.25) is 9.59 Å². The van der Waals surface area contributed by atoms with Gasteiger partial charge in [-0.1, -0.05) is 12.8 Å². The summed E-state index contributed by atoms with van der Waals surface area (Å²) < 4.78 is 17.0. The van der Waals surface area contributed by atoms with Crippen LogP contribution in [0.1, 0.15) is 54.7 Å². The SMILES string of the molecule is COc1cc(CO)cc2c1O[C@@H]1[C@@H](O)[C@H](N(Cc3ccoc3)C(=O)CC3CCCC3)C=C(C(=O)NCCO)[C@H]21. The van der Waals surface area contributed by atoms with Crippen molar-refractivity contribution >= 4 is 11.8 Å². The number of methoxy groups -OCH3 is 1. The number of nitrogens with zero attached hydrogens (tertiary/aromatic N) is 1. The molecule has 0 radical (unpaired) electrons. The van der Waals surface area contributed by atoms with Gasteiger partial charge in [0.05, 0.1) is 44.8 Å². The number of hydrogen-bond donors (Lipinski definition) is 4. The Balaban J connectivity index is 1.56. The van der Waals surface area contributed by atoms with Gasteiger partial charge in [0.15, 0.2) is 11.5 Å². The van der Waals surface area contributed by atoms with Gasteiger partial charge in [-0.25, -0.2) is 0 Å². The van der Waals surface area contributed by atoms with Crippen LogP contribution in [-0.4, -0.2) is 70.5 Å². The van der Waals surface area contributed by atoms with Crippen molar-refractivity contribution in [1.82, 2.24) is 10.2 Å². The second kappa shape index (κ2) is 11.8. The zero-order chi connectivity index (χ0) is 27.5. The normalized spacial score (nSPS) is 23.9. The van der Waals surface area contributed by atoms with E-state index in [9.17, 15) is 24.9 Å². The highest BCUT2D eigenvalue weighted by molar-refractivity contribution is 5.96. The monoisotopic (exact) mass is 540 g/mol. The summed E-state index contributed by atoms with van der Waals surface area (Å²) in [7, 11) is 1.49. The maximum absolute atomic E-state index is 13.7. The maximum Gasteiger partial charge on any atom is 0.247 e. The molecule has 2 aliphatic carbocycles. The minimum absolute atomic E-state index is 0.0494. The average Bonchev–Trinajstić information content (AvgIpc) is 3.72. The number of aliphatic hydroxyl groups excluding tert-OH is 3. The third-order valence-electron chi connectivity index (χ3n) is 8.05. The summed E-state index contributed by atoms with van der Waals surface area (Å²) in [5, 5.41) is 33.6. The Morgan fingerprint density at radius 2 is 1.97 bits per heavy atom. The topological polar surface area (TPSA) is 142 Å². The van der Waals surface area contributed by atoms with Gasteiger partial charge in [-0.15, -0.1) is 0 Å². The Morgan fingerprint density at radius 1 is 1.18 bits per heavy atom. The molecule has 1 aromatic carbocycles. The van der Waals surface area contributed by atoms with Crippen LogP contribution in [0.3, 0.4) is 0 Å². The van der Waals surface area contributed by atoms with Gasteiger partial charge in [0, 0.05) is 36.2 Å². The van der Waals surface area contributed by atoms with Gasteiger partial charge in [0.25, 0.3) is 0 Å². The van der Waals surface area contributed by atoms with E-state index in [1.54, 1.807) is 35.4 Å². The molecule has 4 N–H and O–H groups in total. The molecule has 1 aromatic heterocycles. The molecule has 0 bridgehead atoms. The molecule has 2 heterocycles. The van der Waals surface area contributed by atoms with E-state index in [0.717, 1.165) is 31.2 Å². The second-order valence-electron chi connectivity index (χ2n) is 10.5. The minimum atomic E-state index is -1.15. The summed E-state index contributed by atoms with van der Waals surface area (Å²) in [4.78, 5) is 28.8. The van der Waals surface area contributed by atoms with E-state index in [4.69, 9.17) is 13.9 Å². The van der Waals surface area contributed by atoms with Crippen LogP contribution < -0.4 is 14.8 Å². The molecule has 39 heavy (non-hydrogen) atoms. The summed E-state index contributed by atoms with van der Waals surface area (Å²) in [6.07, 6.45) is 7.30. The van der Waals surface area contributed by atoms with Crippen LogP contribution in [0, 0.1) is 5.92 Å². The molecule has 0 spiro atoms. The highest BCUT2D eigenvalue weighted by Gasteiger charge is 2.51. The fourth-order valence-electron chi connectivity index (χ4n) is 6.14. The molecule has 0 saturated heterocycles. The fraction of sp³-hybridized carbons (Fsp3) is 0.517. The van der Waals surface area contributed by atoms with Crippen LogP contribution in [0.25, 0.3) is 0 Å². The molecule has 4 atom stereocenters. The van der Waals surface area contributed by atoms with Crippen molar-refractivity contribution < 1.29 is 38.8 Å². The largest absolute Gasteiger partial charge is 0.493 e. The van der Waals surface area contributed by atoms with Crippen molar-refractivity contribution in [3.8, 4) is 11.5 Å². The molecule has 5 rings (SSSR count). The van der Waals surface area contributed by atoms with Gasteiger partial charge in [0.1, 0.15) is 12.2 Å². The molecule has 3 aliphatic rings. The quantitative estimate of drug-likeness (QED) is 0.359. The first-order valence-electron chi connectivity index (χ1n) is 13.5. The lowest BCUT2D eigenvalue weighted by Gasteiger charge is -2.41. The number of furan rings is 1. The molecule has 2 aromatic rings. The van der Waals surface area contributed by atoms with Crippen LogP contribution >= 0.6 is 0 Å². The number of fused-ring (bicyclic) bond motifs is 3. The van der Waals surface area contributed by atoms with Crippen LogP contribution in [0.4, 0.5) is 0 Å². The summed E-state index contributed by atoms with van der Waals surface area (Å²) in [5.74, 6) is -0.116. The summed E-state index contributed by atoms with van der Waals surface area (Å²) in [6.45, 7) is -0.223. The molecular weight excluding hydrogens is 504 g/mol. The number of hydrogen-bond acceptors (Lipinski definition) is 8. The van der Waals surface area contributed by atoms with Crippen molar-refractivity contribution in [3.63, 3.8) is 0 Å². The lowest BCUT2D eigenvalue weighted by molar-refractivity contribution is -0.139. The molecule has 1 saturated carbocycles.